The zero-order valence-corrected chi connectivity index (χ0v) is 9.10. The van der Waals surface area contributed by atoms with Crippen LogP contribution in [0.4, 0.5) is 0 Å². The first kappa shape index (κ1) is 10.9. The van der Waals surface area contributed by atoms with E-state index in [0.29, 0.717) is 5.92 Å². The highest BCUT2D eigenvalue weighted by Gasteiger charge is 2.19. The van der Waals surface area contributed by atoms with E-state index >= 15 is 0 Å². The predicted octanol–water partition coefficient (Wildman–Crippen LogP) is 2.75. The molecule has 3 heteroatoms. The van der Waals surface area contributed by atoms with Crippen molar-refractivity contribution >= 4 is 5.97 Å². The van der Waals surface area contributed by atoms with Crippen LogP contribution in [0.1, 0.15) is 37.3 Å². The molecule has 0 spiro atoms. The number of rotatable bonds is 2. The zero-order chi connectivity index (χ0) is 11.4. The fraction of sp³-hybridized carbons (Fsp3) is 0.385. The fourth-order valence-electron chi connectivity index (χ4n) is 2.22. The number of pyridine rings is 1. The van der Waals surface area contributed by atoms with E-state index in [4.69, 9.17) is 5.11 Å². The van der Waals surface area contributed by atoms with Crippen molar-refractivity contribution in [2.45, 2.75) is 31.6 Å². The molecule has 1 heterocycles. The molecule has 0 unspecified atom stereocenters. The summed E-state index contributed by atoms with van der Waals surface area (Å²) in [5.74, 6) is -0.335. The van der Waals surface area contributed by atoms with Crippen LogP contribution in [0.3, 0.4) is 0 Å². The fourth-order valence-corrected chi connectivity index (χ4v) is 2.22. The van der Waals surface area contributed by atoms with E-state index in [1.165, 1.54) is 6.08 Å². The Morgan fingerprint density at radius 2 is 2.12 bits per heavy atom. The number of carboxylic acid groups (broad SMARTS) is 1. The van der Waals surface area contributed by atoms with Crippen LogP contribution in [0.5, 0.6) is 0 Å². The number of aliphatic carboxylic acids is 1. The van der Waals surface area contributed by atoms with Crippen LogP contribution in [-0.4, -0.2) is 16.1 Å². The van der Waals surface area contributed by atoms with Gasteiger partial charge in [-0.15, -0.1) is 0 Å². The number of nitrogens with zero attached hydrogens (tertiary/aromatic N) is 1. The molecule has 0 aliphatic heterocycles. The summed E-state index contributed by atoms with van der Waals surface area (Å²) >= 11 is 0. The van der Waals surface area contributed by atoms with Gasteiger partial charge in [0.15, 0.2) is 0 Å². The van der Waals surface area contributed by atoms with Gasteiger partial charge in [-0.2, -0.15) is 0 Å². The van der Waals surface area contributed by atoms with Crippen LogP contribution in [0.2, 0.25) is 0 Å². The normalized spacial score (nSPS) is 20.5. The third-order valence-electron chi connectivity index (χ3n) is 3.06. The Kier molecular flexibility index (Phi) is 3.34. The Bertz CT molecular complexity index is 388. The van der Waals surface area contributed by atoms with Gasteiger partial charge < -0.3 is 5.11 Å². The van der Waals surface area contributed by atoms with Gasteiger partial charge in [-0.05, 0) is 37.8 Å². The van der Waals surface area contributed by atoms with Crippen molar-refractivity contribution < 1.29 is 9.90 Å². The second-order valence-corrected chi connectivity index (χ2v) is 4.17. The molecule has 1 aliphatic rings. The lowest BCUT2D eigenvalue weighted by Crippen LogP contribution is -2.09. The van der Waals surface area contributed by atoms with Crippen LogP contribution in [-0.2, 0) is 4.79 Å². The van der Waals surface area contributed by atoms with Gasteiger partial charge in [0.2, 0.25) is 0 Å². The molecule has 0 saturated heterocycles. The van der Waals surface area contributed by atoms with Crippen LogP contribution in [0.15, 0.2) is 36.0 Å². The Hall–Kier alpha value is -1.64. The molecule has 3 nitrogen and oxygen atoms in total. The summed E-state index contributed by atoms with van der Waals surface area (Å²) in [4.78, 5) is 14.9. The SMILES string of the molecule is O=C(O)C=C1CCC(c2ccccn2)CC1. The number of hydrogen-bond acceptors (Lipinski definition) is 2. The van der Waals surface area contributed by atoms with Gasteiger partial charge in [-0.3, -0.25) is 4.98 Å². The first-order chi connectivity index (χ1) is 7.75. The van der Waals surface area contributed by atoms with Crippen molar-refractivity contribution in [1.82, 2.24) is 4.98 Å². The van der Waals surface area contributed by atoms with Crippen LogP contribution in [0.25, 0.3) is 0 Å². The Morgan fingerprint density at radius 1 is 1.38 bits per heavy atom. The summed E-state index contributed by atoms with van der Waals surface area (Å²) in [6, 6.07) is 5.98. The second kappa shape index (κ2) is 4.92. The first-order valence-electron chi connectivity index (χ1n) is 5.59. The summed E-state index contributed by atoms with van der Waals surface area (Å²) in [7, 11) is 0. The largest absolute Gasteiger partial charge is 0.478 e. The summed E-state index contributed by atoms with van der Waals surface area (Å²) in [6.07, 6.45) is 6.96. The minimum atomic E-state index is -0.828. The number of aromatic nitrogens is 1. The van der Waals surface area contributed by atoms with Crippen molar-refractivity contribution in [3.8, 4) is 0 Å². The van der Waals surface area contributed by atoms with Gasteiger partial charge in [0.1, 0.15) is 0 Å². The lowest BCUT2D eigenvalue weighted by atomic mass is 9.83. The summed E-state index contributed by atoms with van der Waals surface area (Å²) in [5.41, 5.74) is 2.19. The highest BCUT2D eigenvalue weighted by Crippen LogP contribution is 2.34. The van der Waals surface area contributed by atoms with E-state index in [2.05, 4.69) is 11.1 Å². The predicted molar refractivity (Wildman–Crippen MR) is 61.2 cm³/mol. The highest BCUT2D eigenvalue weighted by atomic mass is 16.4. The molecule has 16 heavy (non-hydrogen) atoms. The van der Waals surface area contributed by atoms with Crippen molar-refractivity contribution in [3.63, 3.8) is 0 Å². The van der Waals surface area contributed by atoms with E-state index < -0.39 is 5.97 Å². The minimum Gasteiger partial charge on any atom is -0.478 e. The Morgan fingerprint density at radius 3 is 2.69 bits per heavy atom. The standard InChI is InChI=1S/C13H15NO2/c15-13(16)9-10-4-6-11(7-5-10)12-3-1-2-8-14-12/h1-3,8-9,11H,4-7H2,(H,15,16). The second-order valence-electron chi connectivity index (χ2n) is 4.17. The van der Waals surface area contributed by atoms with Gasteiger partial charge in [0.25, 0.3) is 0 Å². The maximum atomic E-state index is 10.5. The van der Waals surface area contributed by atoms with Crippen LogP contribution in [0, 0.1) is 0 Å². The molecule has 0 aromatic carbocycles. The molecule has 1 aliphatic carbocycles. The van der Waals surface area contributed by atoms with E-state index in [1.54, 1.807) is 0 Å². The third-order valence-corrected chi connectivity index (χ3v) is 3.06. The smallest absolute Gasteiger partial charge is 0.328 e. The van der Waals surface area contributed by atoms with Gasteiger partial charge in [0.05, 0.1) is 0 Å². The lowest BCUT2D eigenvalue weighted by molar-refractivity contribution is -0.131. The lowest BCUT2D eigenvalue weighted by Gasteiger charge is -2.23. The number of allylic oxidation sites excluding steroid dienone is 1. The zero-order valence-electron chi connectivity index (χ0n) is 9.10. The number of hydrogen-bond donors (Lipinski definition) is 1. The molecule has 1 aromatic heterocycles. The molecule has 1 saturated carbocycles. The third kappa shape index (κ3) is 2.69. The molecule has 0 atom stereocenters. The van der Waals surface area contributed by atoms with E-state index in [9.17, 15) is 4.79 Å². The van der Waals surface area contributed by atoms with E-state index in [1.807, 2.05) is 18.3 Å². The van der Waals surface area contributed by atoms with Gasteiger partial charge in [-0.1, -0.05) is 11.6 Å². The van der Waals surface area contributed by atoms with Gasteiger partial charge in [0, 0.05) is 23.9 Å². The molecular weight excluding hydrogens is 202 g/mol. The maximum Gasteiger partial charge on any atom is 0.328 e. The molecule has 1 aromatic rings. The molecule has 1 N–H and O–H groups in total. The monoisotopic (exact) mass is 217 g/mol. The minimum absolute atomic E-state index is 0.493. The molecular formula is C13H15NO2. The van der Waals surface area contributed by atoms with Gasteiger partial charge in [-0.25, -0.2) is 4.79 Å². The molecule has 0 bridgehead atoms. The van der Waals surface area contributed by atoms with Gasteiger partial charge >= 0.3 is 5.97 Å². The van der Waals surface area contributed by atoms with Crippen molar-refractivity contribution in [3.05, 3.63) is 41.7 Å². The molecule has 1 fully saturated rings. The molecule has 2 rings (SSSR count). The van der Waals surface area contributed by atoms with E-state index in [-0.39, 0.29) is 0 Å². The Balaban J connectivity index is 1.98. The summed E-state index contributed by atoms with van der Waals surface area (Å²) < 4.78 is 0. The molecule has 0 amide bonds. The summed E-state index contributed by atoms with van der Waals surface area (Å²) in [6.45, 7) is 0. The van der Waals surface area contributed by atoms with Crippen molar-refractivity contribution in [2.75, 3.05) is 0 Å². The molecule has 84 valence electrons. The average molecular weight is 217 g/mol. The summed E-state index contributed by atoms with van der Waals surface area (Å²) in [5, 5.41) is 8.66. The van der Waals surface area contributed by atoms with Crippen molar-refractivity contribution in [1.29, 1.82) is 0 Å². The quantitative estimate of drug-likeness (QED) is 0.775. The highest BCUT2D eigenvalue weighted by molar-refractivity contribution is 5.80. The Labute approximate surface area is 94.8 Å². The van der Waals surface area contributed by atoms with Crippen LogP contribution >= 0.6 is 0 Å². The maximum absolute atomic E-state index is 10.5. The van der Waals surface area contributed by atoms with Crippen molar-refractivity contribution in [2.24, 2.45) is 0 Å². The number of carbonyl (C=O) groups is 1. The van der Waals surface area contributed by atoms with Crippen LogP contribution < -0.4 is 0 Å². The number of carboxylic acids is 1. The molecule has 0 radical (unpaired) electrons. The van der Waals surface area contributed by atoms with E-state index in [0.717, 1.165) is 37.0 Å². The average Bonchev–Trinajstić information content (AvgIpc) is 2.30. The topological polar surface area (TPSA) is 50.2 Å². The first-order valence-corrected chi connectivity index (χ1v) is 5.59.